The van der Waals surface area contributed by atoms with Crippen LogP contribution in [0.25, 0.3) is 0 Å². The van der Waals surface area contributed by atoms with E-state index in [1.807, 2.05) is 78.9 Å². The van der Waals surface area contributed by atoms with Crippen molar-refractivity contribution < 1.29 is 33.6 Å². The number of rotatable bonds is 8. The fourth-order valence-electron chi connectivity index (χ4n) is 4.86. The number of nitrogens with zero attached hydrogens (tertiary/aromatic N) is 1. The predicted molar refractivity (Wildman–Crippen MR) is 139 cm³/mol. The van der Waals surface area contributed by atoms with Crippen molar-refractivity contribution in [2.75, 3.05) is 20.8 Å². The van der Waals surface area contributed by atoms with E-state index in [0.717, 1.165) is 28.2 Å². The zero-order chi connectivity index (χ0) is 26.7. The molecule has 0 bridgehead atoms. The van der Waals surface area contributed by atoms with Crippen molar-refractivity contribution >= 4 is 11.9 Å². The Balaban J connectivity index is 1.51. The second-order valence-electron chi connectivity index (χ2n) is 9.07. The highest BCUT2D eigenvalue weighted by molar-refractivity contribution is 5.93. The van der Waals surface area contributed by atoms with E-state index in [-0.39, 0.29) is 18.5 Å². The fourth-order valence-corrected chi connectivity index (χ4v) is 4.86. The van der Waals surface area contributed by atoms with E-state index in [2.05, 4.69) is 10.3 Å². The third-order valence-corrected chi connectivity index (χ3v) is 6.73. The number of methoxy groups -OCH3 is 2. The van der Waals surface area contributed by atoms with Crippen LogP contribution in [0.15, 0.2) is 83.9 Å². The number of aliphatic hydroxyl groups excluding tert-OH is 1. The Kier molecular flexibility index (Phi) is 7.33. The molecule has 0 spiro atoms. The lowest BCUT2D eigenvalue weighted by Crippen LogP contribution is -2.41. The molecule has 0 aliphatic carbocycles. The molecule has 0 saturated carbocycles. The van der Waals surface area contributed by atoms with E-state index in [9.17, 15) is 9.90 Å². The van der Waals surface area contributed by atoms with Crippen molar-refractivity contribution in [3.8, 4) is 11.5 Å². The van der Waals surface area contributed by atoms with E-state index in [1.54, 1.807) is 14.2 Å². The molecule has 0 unspecified atom stereocenters. The lowest BCUT2D eigenvalue weighted by atomic mass is 9.80. The van der Waals surface area contributed by atoms with E-state index >= 15 is 0 Å². The minimum Gasteiger partial charge on any atom is -0.497 e. The Morgan fingerprint density at radius 1 is 0.921 bits per heavy atom. The van der Waals surface area contributed by atoms with E-state index in [4.69, 9.17) is 23.7 Å². The number of fused-ring (bicyclic) bond motifs is 1. The molecule has 2 aliphatic rings. The minimum atomic E-state index is -1.05. The molecule has 1 fully saturated rings. The van der Waals surface area contributed by atoms with Gasteiger partial charge in [-0.25, -0.2) is 0 Å². The van der Waals surface area contributed by atoms with Crippen LogP contribution in [-0.4, -0.2) is 62.4 Å². The molecule has 2 aliphatic heterocycles. The third kappa shape index (κ3) is 4.83. The van der Waals surface area contributed by atoms with Gasteiger partial charge in [0.25, 0.3) is 6.02 Å². The van der Waals surface area contributed by atoms with Crippen LogP contribution in [0.2, 0.25) is 0 Å². The minimum absolute atomic E-state index is 0.0372. The van der Waals surface area contributed by atoms with Gasteiger partial charge < -0.3 is 28.8 Å². The maximum Gasteiger partial charge on any atom is 0.294 e. The molecule has 2 N–H and O–H groups in total. The Labute approximate surface area is 221 Å². The van der Waals surface area contributed by atoms with Gasteiger partial charge in [-0.15, -0.1) is 0 Å². The molecule has 198 valence electrons. The van der Waals surface area contributed by atoms with Gasteiger partial charge in [0.2, 0.25) is 5.91 Å². The van der Waals surface area contributed by atoms with Crippen molar-refractivity contribution in [2.24, 2.45) is 4.99 Å². The van der Waals surface area contributed by atoms with Crippen LogP contribution in [0.5, 0.6) is 11.5 Å². The molecule has 38 heavy (non-hydrogen) atoms. The molecule has 4 atom stereocenters. The third-order valence-electron chi connectivity index (χ3n) is 6.73. The number of benzene rings is 3. The highest BCUT2D eigenvalue weighted by Gasteiger charge is 2.51. The summed E-state index contributed by atoms with van der Waals surface area (Å²) in [7, 11) is 3.24. The Morgan fingerprint density at radius 2 is 1.47 bits per heavy atom. The first-order valence-corrected chi connectivity index (χ1v) is 12.3. The number of hydrogen-bond acceptors (Lipinski definition) is 8. The lowest BCUT2D eigenvalue weighted by molar-refractivity contribution is -0.118. The van der Waals surface area contributed by atoms with Crippen LogP contribution < -0.4 is 14.8 Å². The molecule has 1 amide bonds. The number of hydrogen-bond donors (Lipinski definition) is 2. The zero-order valence-electron chi connectivity index (χ0n) is 21.4. The van der Waals surface area contributed by atoms with Crippen molar-refractivity contribution in [3.63, 3.8) is 0 Å². The van der Waals surface area contributed by atoms with Crippen molar-refractivity contribution in [2.45, 2.75) is 37.1 Å². The molecular weight excluding hydrogens is 488 g/mol. The first-order chi connectivity index (χ1) is 18.4. The van der Waals surface area contributed by atoms with Crippen LogP contribution >= 0.6 is 0 Å². The smallest absolute Gasteiger partial charge is 0.294 e. The van der Waals surface area contributed by atoms with Gasteiger partial charge in [0.1, 0.15) is 29.3 Å². The normalized spacial score (nSPS) is 22.3. The summed E-state index contributed by atoms with van der Waals surface area (Å²) in [6, 6.07) is 25.3. The summed E-state index contributed by atoms with van der Waals surface area (Å²) < 4.78 is 29.2. The first kappa shape index (κ1) is 25.7. The number of nitrogens with one attached hydrogen (secondary N) is 1. The van der Waals surface area contributed by atoms with Gasteiger partial charge >= 0.3 is 0 Å². The molecule has 1 saturated heterocycles. The van der Waals surface area contributed by atoms with Gasteiger partial charge in [0, 0.05) is 6.92 Å². The molecule has 3 aromatic rings. The molecule has 0 aromatic heterocycles. The molecule has 5 rings (SSSR count). The summed E-state index contributed by atoms with van der Waals surface area (Å²) in [5.41, 5.74) is 1.57. The largest absolute Gasteiger partial charge is 0.497 e. The van der Waals surface area contributed by atoms with Gasteiger partial charge in [-0.1, -0.05) is 54.6 Å². The quantitative estimate of drug-likeness (QED) is 0.442. The summed E-state index contributed by atoms with van der Waals surface area (Å²) in [6.45, 7) is 1.39. The standard InChI is InChI=1S/C29H30N2O7/c1-18(32)30-28-31-27-26(38-28)25(33)24(37-27)17-36-29(19-7-5-4-6-8-19,20-9-13-22(34-2)14-10-20)21-11-15-23(35-3)16-12-21/h4-16,24-27,33H,17H2,1-3H3,(H,30,31,32)/t24-,25-,26+,27-/m1/s1. The highest BCUT2D eigenvalue weighted by atomic mass is 16.6. The molecule has 2 heterocycles. The van der Waals surface area contributed by atoms with Crippen molar-refractivity contribution in [3.05, 3.63) is 95.6 Å². The molecule has 3 aromatic carbocycles. The van der Waals surface area contributed by atoms with Crippen LogP contribution in [0.4, 0.5) is 0 Å². The lowest BCUT2D eigenvalue weighted by Gasteiger charge is -2.37. The SMILES string of the molecule is COc1ccc(C(OC[C@H]2O[C@H]3N=C(NC(C)=O)O[C@H]3[C@@H]2O)(c2ccccc2)c2ccc(OC)cc2)cc1. The highest BCUT2D eigenvalue weighted by Crippen LogP contribution is 2.42. The van der Waals surface area contributed by atoms with Crippen molar-refractivity contribution in [1.29, 1.82) is 0 Å². The summed E-state index contributed by atoms with van der Waals surface area (Å²) in [5.74, 6) is 1.13. The monoisotopic (exact) mass is 518 g/mol. The molecule has 9 heteroatoms. The predicted octanol–water partition coefficient (Wildman–Crippen LogP) is 2.99. The van der Waals surface area contributed by atoms with Crippen LogP contribution in [0, 0.1) is 0 Å². The molecular formula is C29H30N2O7. The number of aliphatic imine (C=N–C) groups is 1. The number of carbonyl (C=O) groups excluding carboxylic acids is 1. The summed E-state index contributed by atoms with van der Waals surface area (Å²) in [5, 5.41) is 13.5. The zero-order valence-corrected chi connectivity index (χ0v) is 21.4. The molecule has 0 radical (unpaired) electrons. The Hall–Kier alpha value is -3.92. The number of aliphatic hydroxyl groups is 1. The summed E-state index contributed by atoms with van der Waals surface area (Å²) >= 11 is 0. The van der Waals surface area contributed by atoms with Crippen LogP contribution in [0.3, 0.4) is 0 Å². The second kappa shape index (κ2) is 10.8. The molecule has 9 nitrogen and oxygen atoms in total. The van der Waals surface area contributed by atoms with Gasteiger partial charge in [0.15, 0.2) is 12.3 Å². The van der Waals surface area contributed by atoms with E-state index in [0.29, 0.717) is 0 Å². The van der Waals surface area contributed by atoms with Crippen LogP contribution in [-0.2, 0) is 24.6 Å². The summed E-state index contributed by atoms with van der Waals surface area (Å²) in [4.78, 5) is 15.6. The first-order valence-electron chi connectivity index (χ1n) is 12.3. The van der Waals surface area contributed by atoms with Gasteiger partial charge in [-0.3, -0.25) is 10.1 Å². The average Bonchev–Trinajstić information content (AvgIpc) is 3.47. The second-order valence-corrected chi connectivity index (χ2v) is 9.07. The van der Waals surface area contributed by atoms with Crippen LogP contribution in [0.1, 0.15) is 23.6 Å². The number of amidine groups is 1. The van der Waals surface area contributed by atoms with Gasteiger partial charge in [-0.2, -0.15) is 4.99 Å². The Morgan fingerprint density at radius 3 is 1.97 bits per heavy atom. The Bertz CT molecular complexity index is 1230. The topological polar surface area (TPSA) is 108 Å². The fraction of sp³-hybridized carbons (Fsp3) is 0.310. The van der Waals surface area contributed by atoms with E-state index < -0.39 is 30.1 Å². The number of ether oxygens (including phenoxy) is 5. The summed E-state index contributed by atoms with van der Waals surface area (Å²) in [6.07, 6.45) is -3.21. The van der Waals surface area contributed by atoms with Crippen molar-refractivity contribution in [1.82, 2.24) is 5.32 Å². The maximum atomic E-state index is 11.4. The average molecular weight is 519 g/mol. The van der Waals surface area contributed by atoms with Gasteiger partial charge in [0.05, 0.1) is 20.8 Å². The van der Waals surface area contributed by atoms with E-state index in [1.165, 1.54) is 6.92 Å². The maximum absolute atomic E-state index is 11.4. The number of carbonyl (C=O) groups is 1. The number of amides is 1. The van der Waals surface area contributed by atoms with Gasteiger partial charge in [-0.05, 0) is 41.0 Å².